The lowest BCUT2D eigenvalue weighted by atomic mass is 9.85. The molecule has 3 nitrogen and oxygen atoms in total. The predicted octanol–water partition coefficient (Wildman–Crippen LogP) is 3.14. The summed E-state index contributed by atoms with van der Waals surface area (Å²) in [7, 11) is 0. The van der Waals surface area contributed by atoms with Gasteiger partial charge >= 0.3 is 0 Å². The van der Waals surface area contributed by atoms with Crippen LogP contribution in [-0.4, -0.2) is 11.5 Å². The summed E-state index contributed by atoms with van der Waals surface area (Å²) in [4.78, 5) is 4.18. The van der Waals surface area contributed by atoms with Crippen molar-refractivity contribution in [3.63, 3.8) is 0 Å². The van der Waals surface area contributed by atoms with E-state index in [2.05, 4.69) is 38.0 Å². The molecule has 3 heteroatoms. The Morgan fingerprint density at radius 3 is 2.65 bits per heavy atom. The molecule has 1 aromatic heterocycles. The summed E-state index contributed by atoms with van der Waals surface area (Å²) >= 11 is 0. The lowest BCUT2D eigenvalue weighted by Crippen LogP contribution is -2.27. The highest BCUT2D eigenvalue weighted by Crippen LogP contribution is 2.31. The SMILES string of the molecule is CCCNC(CC(C)(C)C)c1cnccc1N. The van der Waals surface area contributed by atoms with E-state index in [4.69, 9.17) is 5.73 Å². The van der Waals surface area contributed by atoms with Gasteiger partial charge in [-0.05, 0) is 30.9 Å². The lowest BCUT2D eigenvalue weighted by molar-refractivity contribution is 0.312. The number of nitrogens with one attached hydrogen (secondary N) is 1. The molecule has 0 aliphatic carbocycles. The Balaban J connectivity index is 2.86. The Hall–Kier alpha value is -1.09. The molecule has 0 amide bonds. The summed E-state index contributed by atoms with van der Waals surface area (Å²) in [5, 5.41) is 3.56. The first kappa shape index (κ1) is 14.0. The molecule has 0 aliphatic heterocycles. The minimum atomic E-state index is 0.272. The van der Waals surface area contributed by atoms with Crippen molar-refractivity contribution in [2.45, 2.75) is 46.6 Å². The Kier molecular flexibility index (Phi) is 4.94. The topological polar surface area (TPSA) is 50.9 Å². The maximum atomic E-state index is 6.03. The van der Waals surface area contributed by atoms with Gasteiger partial charge in [-0.2, -0.15) is 0 Å². The van der Waals surface area contributed by atoms with Crippen LogP contribution in [0.4, 0.5) is 5.69 Å². The van der Waals surface area contributed by atoms with Crippen LogP contribution in [0.1, 0.15) is 52.1 Å². The molecule has 1 rings (SSSR count). The summed E-state index contributed by atoms with van der Waals surface area (Å²) in [6, 6.07) is 2.17. The van der Waals surface area contributed by atoms with E-state index in [1.54, 1.807) is 6.20 Å². The molecule has 1 heterocycles. The van der Waals surface area contributed by atoms with Crippen LogP contribution in [0.3, 0.4) is 0 Å². The number of hydrogen-bond acceptors (Lipinski definition) is 3. The molecular formula is C14H25N3. The van der Waals surface area contributed by atoms with Crippen molar-refractivity contribution in [3.8, 4) is 0 Å². The van der Waals surface area contributed by atoms with Crippen LogP contribution in [0, 0.1) is 5.41 Å². The minimum Gasteiger partial charge on any atom is -0.398 e. The maximum absolute atomic E-state index is 6.03. The summed E-state index contributed by atoms with van der Waals surface area (Å²) in [5.41, 5.74) is 8.26. The van der Waals surface area contributed by atoms with E-state index in [-0.39, 0.29) is 5.41 Å². The summed E-state index contributed by atoms with van der Waals surface area (Å²) in [6.07, 6.45) is 5.81. The first-order valence-electron chi connectivity index (χ1n) is 6.37. The fourth-order valence-electron chi connectivity index (χ4n) is 1.93. The standard InChI is InChI=1S/C14H25N3/c1-5-7-17-13(9-14(2,3)4)11-10-16-8-6-12(11)15/h6,8,10,13,17H,5,7,9H2,1-4H3,(H2,15,16). The molecule has 0 spiro atoms. The highest BCUT2D eigenvalue weighted by atomic mass is 14.9. The normalized spacial score (nSPS) is 13.6. The number of nitrogens with two attached hydrogens (primary N) is 1. The molecule has 0 aliphatic rings. The molecule has 96 valence electrons. The van der Waals surface area contributed by atoms with Crippen LogP contribution in [0.5, 0.6) is 0 Å². The van der Waals surface area contributed by atoms with Crippen LogP contribution >= 0.6 is 0 Å². The van der Waals surface area contributed by atoms with Gasteiger partial charge in [-0.15, -0.1) is 0 Å². The van der Waals surface area contributed by atoms with Crippen molar-refractivity contribution in [2.24, 2.45) is 5.41 Å². The third-order valence-electron chi connectivity index (χ3n) is 2.72. The first-order valence-corrected chi connectivity index (χ1v) is 6.37. The Labute approximate surface area is 105 Å². The van der Waals surface area contributed by atoms with Gasteiger partial charge in [-0.1, -0.05) is 27.7 Å². The molecule has 3 N–H and O–H groups in total. The number of nitrogen functional groups attached to an aromatic ring is 1. The molecule has 0 bridgehead atoms. The smallest absolute Gasteiger partial charge is 0.0393 e. The van der Waals surface area contributed by atoms with Crippen molar-refractivity contribution in [1.29, 1.82) is 0 Å². The lowest BCUT2D eigenvalue weighted by Gasteiger charge is -2.27. The zero-order valence-corrected chi connectivity index (χ0v) is 11.5. The molecule has 17 heavy (non-hydrogen) atoms. The third-order valence-corrected chi connectivity index (χ3v) is 2.72. The number of anilines is 1. The molecule has 0 aromatic carbocycles. The van der Waals surface area contributed by atoms with E-state index in [0.717, 1.165) is 30.6 Å². The van der Waals surface area contributed by atoms with Gasteiger partial charge in [0.15, 0.2) is 0 Å². The zero-order chi connectivity index (χ0) is 12.9. The average Bonchev–Trinajstić information content (AvgIpc) is 2.23. The van der Waals surface area contributed by atoms with Crippen molar-refractivity contribution < 1.29 is 0 Å². The van der Waals surface area contributed by atoms with Crippen LogP contribution in [-0.2, 0) is 0 Å². The maximum Gasteiger partial charge on any atom is 0.0393 e. The fraction of sp³-hybridized carbons (Fsp3) is 0.643. The second-order valence-corrected chi connectivity index (χ2v) is 5.78. The minimum absolute atomic E-state index is 0.272. The highest BCUT2D eigenvalue weighted by Gasteiger charge is 2.21. The Morgan fingerprint density at radius 2 is 2.12 bits per heavy atom. The number of pyridine rings is 1. The second kappa shape index (κ2) is 6.01. The van der Waals surface area contributed by atoms with E-state index in [1.165, 1.54) is 0 Å². The molecule has 0 saturated carbocycles. The van der Waals surface area contributed by atoms with Crippen molar-refractivity contribution in [3.05, 3.63) is 24.0 Å². The van der Waals surface area contributed by atoms with Crippen molar-refractivity contribution in [2.75, 3.05) is 12.3 Å². The van der Waals surface area contributed by atoms with E-state index in [0.29, 0.717) is 6.04 Å². The van der Waals surface area contributed by atoms with E-state index in [1.807, 2.05) is 12.3 Å². The number of rotatable bonds is 5. The molecule has 1 aromatic rings. The van der Waals surface area contributed by atoms with Gasteiger partial charge in [0, 0.05) is 29.7 Å². The van der Waals surface area contributed by atoms with Gasteiger partial charge in [0.1, 0.15) is 0 Å². The van der Waals surface area contributed by atoms with Gasteiger partial charge in [0.05, 0.1) is 0 Å². The van der Waals surface area contributed by atoms with Crippen LogP contribution in [0.15, 0.2) is 18.5 Å². The van der Waals surface area contributed by atoms with Crippen LogP contribution in [0.25, 0.3) is 0 Å². The monoisotopic (exact) mass is 235 g/mol. The van der Waals surface area contributed by atoms with E-state index >= 15 is 0 Å². The summed E-state index contributed by atoms with van der Waals surface area (Å²) in [5.74, 6) is 0. The molecule has 0 radical (unpaired) electrons. The van der Waals surface area contributed by atoms with Crippen molar-refractivity contribution in [1.82, 2.24) is 10.3 Å². The number of aromatic nitrogens is 1. The second-order valence-electron chi connectivity index (χ2n) is 5.78. The predicted molar refractivity (Wildman–Crippen MR) is 73.8 cm³/mol. The molecular weight excluding hydrogens is 210 g/mol. The van der Waals surface area contributed by atoms with Crippen molar-refractivity contribution >= 4 is 5.69 Å². The molecule has 0 fully saturated rings. The summed E-state index contributed by atoms with van der Waals surface area (Å²) in [6.45, 7) is 9.93. The molecule has 1 unspecified atom stereocenters. The quantitative estimate of drug-likeness (QED) is 0.824. The van der Waals surface area contributed by atoms with Gasteiger partial charge in [-0.25, -0.2) is 0 Å². The number of nitrogens with zero attached hydrogens (tertiary/aromatic N) is 1. The third kappa shape index (κ3) is 4.73. The van der Waals surface area contributed by atoms with Gasteiger partial charge in [0.2, 0.25) is 0 Å². The zero-order valence-electron chi connectivity index (χ0n) is 11.5. The number of hydrogen-bond donors (Lipinski definition) is 2. The fourth-order valence-corrected chi connectivity index (χ4v) is 1.93. The largest absolute Gasteiger partial charge is 0.398 e. The van der Waals surface area contributed by atoms with Crippen LogP contribution in [0.2, 0.25) is 0 Å². The average molecular weight is 235 g/mol. The van der Waals surface area contributed by atoms with E-state index < -0.39 is 0 Å². The first-order chi connectivity index (χ1) is 7.94. The molecule has 1 atom stereocenters. The van der Waals surface area contributed by atoms with Gasteiger partial charge in [-0.3, -0.25) is 4.98 Å². The van der Waals surface area contributed by atoms with Gasteiger partial charge < -0.3 is 11.1 Å². The highest BCUT2D eigenvalue weighted by molar-refractivity contribution is 5.46. The van der Waals surface area contributed by atoms with Crippen LogP contribution < -0.4 is 11.1 Å². The van der Waals surface area contributed by atoms with E-state index in [9.17, 15) is 0 Å². The van der Waals surface area contributed by atoms with Gasteiger partial charge in [0.25, 0.3) is 0 Å². The Morgan fingerprint density at radius 1 is 1.41 bits per heavy atom. The Bertz CT molecular complexity index is 342. The molecule has 0 saturated heterocycles. The summed E-state index contributed by atoms with van der Waals surface area (Å²) < 4.78 is 0.